The van der Waals surface area contributed by atoms with E-state index in [0.29, 0.717) is 33.8 Å². The fourth-order valence-electron chi connectivity index (χ4n) is 6.08. The molecule has 5 rings (SSSR count). The number of nitrogens with one attached hydrogen (secondary N) is 1. The van der Waals surface area contributed by atoms with Crippen LogP contribution in [0.4, 0.5) is 4.79 Å². The van der Waals surface area contributed by atoms with E-state index >= 15 is 0 Å². The number of carbonyl (C=O) groups excluding carboxylic acids is 1. The van der Waals surface area contributed by atoms with Gasteiger partial charge in [0.25, 0.3) is 0 Å². The molecule has 1 N–H and O–H groups in total. The van der Waals surface area contributed by atoms with Crippen molar-refractivity contribution < 1.29 is 17.9 Å². The van der Waals surface area contributed by atoms with E-state index < -0.39 is 27.5 Å². The Balaban J connectivity index is 1.62. The van der Waals surface area contributed by atoms with Gasteiger partial charge in [0.2, 0.25) is 10.0 Å². The first-order valence-corrected chi connectivity index (χ1v) is 18.5. The van der Waals surface area contributed by atoms with Crippen LogP contribution in [-0.4, -0.2) is 68.0 Å². The minimum atomic E-state index is -3.36. The smallest absolute Gasteiger partial charge is 0.323 e. The topological polar surface area (TPSA) is 115 Å². The number of nitriles is 1. The number of nitrogens with zero attached hydrogens (tertiary/aromatic N) is 4. The van der Waals surface area contributed by atoms with Gasteiger partial charge in [0.1, 0.15) is 11.6 Å². The van der Waals surface area contributed by atoms with E-state index in [4.69, 9.17) is 32.9 Å². The van der Waals surface area contributed by atoms with Gasteiger partial charge >= 0.3 is 6.03 Å². The van der Waals surface area contributed by atoms with Gasteiger partial charge in [-0.25, -0.2) is 13.2 Å². The SMILES string of the molecule is CCOc1cc(C(C)(C)C#N)ccc1C(=N[C@@H](c1ccc(Cl)cc1)C1(c2ccc(Cl)cc2)CC1)NC(=O)N1CCN(S(=O)(=O)CC)CC1. The molecule has 0 radical (unpaired) electrons. The summed E-state index contributed by atoms with van der Waals surface area (Å²) in [7, 11) is -3.36. The first-order chi connectivity index (χ1) is 22.8. The van der Waals surface area contributed by atoms with Gasteiger partial charge in [-0.3, -0.25) is 10.3 Å². The number of hydrogen-bond donors (Lipinski definition) is 1. The van der Waals surface area contributed by atoms with Gasteiger partial charge in [0.05, 0.1) is 35.4 Å². The summed E-state index contributed by atoms with van der Waals surface area (Å²) < 4.78 is 32.5. The summed E-state index contributed by atoms with van der Waals surface area (Å²) in [4.78, 5) is 20.9. The lowest BCUT2D eigenvalue weighted by Crippen LogP contribution is -2.54. The normalized spacial score (nSPS) is 17.4. The van der Waals surface area contributed by atoms with Crippen molar-refractivity contribution in [3.8, 4) is 11.8 Å². The predicted molar refractivity (Wildman–Crippen MR) is 190 cm³/mol. The molecule has 1 aliphatic carbocycles. The highest BCUT2D eigenvalue weighted by Gasteiger charge is 2.52. The van der Waals surface area contributed by atoms with E-state index in [9.17, 15) is 18.5 Å². The number of amidine groups is 1. The maximum Gasteiger partial charge on any atom is 0.323 e. The zero-order chi connectivity index (χ0) is 34.7. The van der Waals surface area contributed by atoms with Crippen LogP contribution in [0.25, 0.3) is 0 Å². The monoisotopic (exact) mass is 709 g/mol. The van der Waals surface area contributed by atoms with Crippen molar-refractivity contribution in [3.05, 3.63) is 99.0 Å². The molecule has 0 spiro atoms. The number of ether oxygens (including phenoxy) is 1. The molecule has 12 heteroatoms. The summed E-state index contributed by atoms with van der Waals surface area (Å²) in [5, 5.41) is 14.2. The zero-order valence-electron chi connectivity index (χ0n) is 27.7. The van der Waals surface area contributed by atoms with E-state index in [1.54, 1.807) is 11.8 Å². The second kappa shape index (κ2) is 14.5. The van der Waals surface area contributed by atoms with Crippen LogP contribution in [0.3, 0.4) is 0 Å². The Morgan fingerprint density at radius 2 is 1.60 bits per heavy atom. The Kier molecular flexibility index (Phi) is 10.8. The summed E-state index contributed by atoms with van der Waals surface area (Å²) in [5.74, 6) is 0.812. The average Bonchev–Trinajstić information content (AvgIpc) is 3.89. The zero-order valence-corrected chi connectivity index (χ0v) is 30.0. The van der Waals surface area contributed by atoms with Crippen molar-refractivity contribution in [2.24, 2.45) is 4.99 Å². The Labute approximate surface area is 293 Å². The van der Waals surface area contributed by atoms with Crippen LogP contribution in [0.2, 0.25) is 10.0 Å². The third kappa shape index (κ3) is 7.65. The molecule has 1 aliphatic heterocycles. The number of sulfonamides is 1. The second-order valence-corrected chi connectivity index (χ2v) is 15.8. The van der Waals surface area contributed by atoms with E-state index in [1.165, 1.54) is 4.31 Å². The highest BCUT2D eigenvalue weighted by atomic mass is 35.5. The molecule has 254 valence electrons. The number of aliphatic imine (C=N–C) groups is 1. The molecule has 1 heterocycles. The lowest BCUT2D eigenvalue weighted by molar-refractivity contribution is 0.177. The Morgan fingerprint density at radius 3 is 2.15 bits per heavy atom. The molecule has 1 saturated heterocycles. The fraction of sp³-hybridized carbons (Fsp3) is 0.417. The maximum absolute atomic E-state index is 13.9. The number of urea groups is 1. The molecule has 1 saturated carbocycles. The van der Waals surface area contributed by atoms with Crippen LogP contribution in [-0.2, 0) is 20.9 Å². The van der Waals surface area contributed by atoms with Gasteiger partial charge in [-0.05, 0) is 93.6 Å². The molecule has 9 nitrogen and oxygen atoms in total. The van der Waals surface area contributed by atoms with Crippen LogP contribution < -0.4 is 10.1 Å². The maximum atomic E-state index is 13.9. The number of rotatable bonds is 10. The van der Waals surface area contributed by atoms with Gasteiger partial charge in [0.15, 0.2) is 0 Å². The van der Waals surface area contributed by atoms with Crippen molar-refractivity contribution in [2.75, 3.05) is 38.5 Å². The third-order valence-corrected chi connectivity index (χ3v) is 11.6. The number of carbonyl (C=O) groups is 1. The van der Waals surface area contributed by atoms with Crippen molar-refractivity contribution in [2.45, 2.75) is 57.4 Å². The van der Waals surface area contributed by atoms with Gasteiger partial charge in [-0.1, -0.05) is 53.5 Å². The molecule has 0 unspecified atom stereocenters. The Bertz CT molecular complexity index is 1810. The predicted octanol–water partition coefficient (Wildman–Crippen LogP) is 7.09. The first-order valence-electron chi connectivity index (χ1n) is 16.2. The van der Waals surface area contributed by atoms with Crippen molar-refractivity contribution in [1.29, 1.82) is 5.26 Å². The van der Waals surface area contributed by atoms with Crippen LogP contribution in [0.5, 0.6) is 5.75 Å². The van der Waals surface area contributed by atoms with Crippen LogP contribution in [0.1, 0.15) is 68.8 Å². The second-order valence-electron chi connectivity index (χ2n) is 12.7. The molecule has 2 aliphatic rings. The Morgan fingerprint density at radius 1 is 1.00 bits per heavy atom. The van der Waals surface area contributed by atoms with Gasteiger partial charge in [-0.2, -0.15) is 9.57 Å². The molecule has 48 heavy (non-hydrogen) atoms. The lowest BCUT2D eigenvalue weighted by Gasteiger charge is -2.34. The number of amides is 2. The molecular formula is C36H41Cl2N5O4S. The molecule has 2 fully saturated rings. The summed E-state index contributed by atoms with van der Waals surface area (Å²) in [5.41, 5.74) is 2.22. The van der Waals surface area contributed by atoms with Gasteiger partial charge < -0.3 is 9.64 Å². The molecule has 0 bridgehead atoms. The average molecular weight is 711 g/mol. The molecule has 1 atom stereocenters. The van der Waals surface area contributed by atoms with E-state index in [0.717, 1.165) is 29.5 Å². The minimum absolute atomic E-state index is 0.0102. The summed E-state index contributed by atoms with van der Waals surface area (Å²) >= 11 is 12.6. The third-order valence-electron chi connectivity index (χ3n) is 9.22. The van der Waals surface area contributed by atoms with Crippen LogP contribution in [0, 0.1) is 11.3 Å². The summed E-state index contributed by atoms with van der Waals surface area (Å²) in [6, 6.07) is 22.5. The standard InChI is InChI=1S/C36H41Cl2N5O4S/c1-5-47-31-23-27(35(3,4)24-39)11-16-30(31)33(41-34(44)42-19-21-43(22-20-42)48(45,46)6-2)40-32(25-7-12-28(37)13-8-25)36(17-18-36)26-9-14-29(38)15-10-26/h7-16,23,32H,5-6,17-22H2,1-4H3,(H,40,41,44)/t32-/m0/s1. The van der Waals surface area contributed by atoms with Gasteiger partial charge in [-0.15, -0.1) is 0 Å². The van der Waals surface area contributed by atoms with E-state index in [2.05, 4.69) is 11.4 Å². The molecule has 3 aromatic rings. The first kappa shape index (κ1) is 35.7. The Hall–Kier alpha value is -3.62. The molecule has 0 aromatic heterocycles. The van der Waals surface area contributed by atoms with Crippen molar-refractivity contribution in [1.82, 2.24) is 14.5 Å². The summed E-state index contributed by atoms with van der Waals surface area (Å²) in [6.07, 6.45) is 1.74. The quantitative estimate of drug-likeness (QED) is 0.178. The number of hydrogen-bond acceptors (Lipinski definition) is 6. The lowest BCUT2D eigenvalue weighted by atomic mass is 9.84. The fourth-order valence-corrected chi connectivity index (χ4v) is 7.41. The van der Waals surface area contributed by atoms with Crippen molar-refractivity contribution >= 4 is 45.1 Å². The number of halogens is 2. The molecular weight excluding hydrogens is 669 g/mol. The number of piperazine rings is 1. The minimum Gasteiger partial charge on any atom is -0.493 e. The van der Waals surface area contributed by atoms with E-state index in [1.807, 2.05) is 87.5 Å². The van der Waals surface area contributed by atoms with Gasteiger partial charge in [0, 0.05) is 41.6 Å². The van der Waals surface area contributed by atoms with Crippen LogP contribution >= 0.6 is 23.2 Å². The number of benzene rings is 3. The van der Waals surface area contributed by atoms with Crippen LogP contribution in [0.15, 0.2) is 71.7 Å². The molecule has 2 amide bonds. The van der Waals surface area contributed by atoms with E-state index in [-0.39, 0.29) is 37.3 Å². The largest absolute Gasteiger partial charge is 0.493 e. The molecule has 3 aromatic carbocycles. The highest BCUT2D eigenvalue weighted by Crippen LogP contribution is 2.58. The summed E-state index contributed by atoms with van der Waals surface area (Å²) in [6.45, 7) is 8.43. The highest BCUT2D eigenvalue weighted by molar-refractivity contribution is 7.89. The van der Waals surface area contributed by atoms with Crippen molar-refractivity contribution in [3.63, 3.8) is 0 Å².